The van der Waals surface area contributed by atoms with Crippen molar-refractivity contribution in [2.75, 3.05) is 6.61 Å². The van der Waals surface area contributed by atoms with Crippen LogP contribution in [0.15, 0.2) is 34.6 Å². The first kappa shape index (κ1) is 16.4. The summed E-state index contributed by atoms with van der Waals surface area (Å²) in [7, 11) is 0. The van der Waals surface area contributed by atoms with Crippen LogP contribution in [0.4, 0.5) is 4.39 Å². The third-order valence-corrected chi connectivity index (χ3v) is 4.97. The summed E-state index contributed by atoms with van der Waals surface area (Å²) >= 11 is 1.47. The van der Waals surface area contributed by atoms with Crippen molar-refractivity contribution in [1.29, 1.82) is 0 Å². The predicted molar refractivity (Wildman–Crippen MR) is 92.6 cm³/mol. The Bertz CT molecular complexity index is 818. The van der Waals surface area contributed by atoms with Crippen molar-refractivity contribution in [2.24, 2.45) is 10.7 Å². The maximum absolute atomic E-state index is 13.8. The fourth-order valence-electron chi connectivity index (χ4n) is 2.72. The zero-order valence-corrected chi connectivity index (χ0v) is 14.2. The Hall–Kier alpha value is -2.41. The minimum absolute atomic E-state index is 0.119. The highest BCUT2D eigenvalue weighted by Crippen LogP contribution is 2.38. The smallest absolute Gasteiger partial charge is 0.229 e. The molecule has 1 aliphatic rings. The summed E-state index contributed by atoms with van der Waals surface area (Å²) in [5.74, 6) is 0.0948. The van der Waals surface area contributed by atoms with Gasteiger partial charge < -0.3 is 10.5 Å². The van der Waals surface area contributed by atoms with Gasteiger partial charge in [0.15, 0.2) is 5.96 Å². The number of thiophene rings is 1. The second kappa shape index (κ2) is 6.24. The lowest BCUT2D eigenvalue weighted by molar-refractivity contribution is -0.121. The van der Waals surface area contributed by atoms with E-state index in [-0.39, 0.29) is 24.1 Å². The Morgan fingerprint density at radius 2 is 2.17 bits per heavy atom. The number of ether oxygens (including phenoxy) is 1. The molecule has 2 heterocycles. The summed E-state index contributed by atoms with van der Waals surface area (Å²) in [4.78, 5) is 17.0. The number of amides is 1. The van der Waals surface area contributed by atoms with Crippen LogP contribution >= 0.6 is 11.3 Å². The molecule has 1 atom stereocenters. The fraction of sp³-hybridized carbons (Fsp3) is 0.294. The van der Waals surface area contributed by atoms with Gasteiger partial charge >= 0.3 is 0 Å². The molecule has 126 valence electrons. The third kappa shape index (κ3) is 3.26. The second-order valence-corrected chi connectivity index (χ2v) is 6.72. The fourth-order valence-corrected chi connectivity index (χ4v) is 3.75. The molecule has 3 N–H and O–H groups in total. The average molecular weight is 347 g/mol. The molecular weight excluding hydrogens is 329 g/mol. The molecule has 0 saturated carbocycles. The SMILES string of the molecule is CCOc1cc(F)cc(-c2csc([C@]3(C)CC(=O)NC(N)=N3)c2)c1. The van der Waals surface area contributed by atoms with Crippen LogP contribution in [0.5, 0.6) is 5.75 Å². The molecule has 0 radical (unpaired) electrons. The molecule has 0 unspecified atom stereocenters. The summed E-state index contributed by atoms with van der Waals surface area (Å²) in [6, 6.07) is 6.54. The normalized spacial score (nSPS) is 20.5. The Morgan fingerprint density at radius 1 is 1.38 bits per heavy atom. The van der Waals surface area contributed by atoms with Gasteiger partial charge in [-0.05, 0) is 48.6 Å². The largest absolute Gasteiger partial charge is 0.494 e. The molecule has 1 amide bonds. The van der Waals surface area contributed by atoms with E-state index >= 15 is 0 Å². The molecule has 7 heteroatoms. The van der Waals surface area contributed by atoms with E-state index in [1.807, 2.05) is 25.3 Å². The number of benzene rings is 1. The maximum Gasteiger partial charge on any atom is 0.229 e. The zero-order chi connectivity index (χ0) is 17.3. The molecule has 3 rings (SSSR count). The molecule has 24 heavy (non-hydrogen) atoms. The van der Waals surface area contributed by atoms with Gasteiger partial charge in [0, 0.05) is 10.9 Å². The number of nitrogens with zero attached hydrogens (tertiary/aromatic N) is 1. The summed E-state index contributed by atoms with van der Waals surface area (Å²) in [5.41, 5.74) is 6.56. The van der Waals surface area contributed by atoms with E-state index in [0.29, 0.717) is 12.4 Å². The van der Waals surface area contributed by atoms with Gasteiger partial charge in [0.1, 0.15) is 17.1 Å². The summed E-state index contributed by atoms with van der Waals surface area (Å²) in [6.45, 7) is 4.19. The Labute approximate surface area is 143 Å². The molecule has 0 aliphatic carbocycles. The number of nitrogens with one attached hydrogen (secondary N) is 1. The van der Waals surface area contributed by atoms with Crippen molar-refractivity contribution in [3.05, 3.63) is 40.3 Å². The number of aliphatic imine (C=N–C) groups is 1. The molecule has 1 aromatic carbocycles. The number of nitrogens with two attached hydrogens (primary N) is 1. The Morgan fingerprint density at radius 3 is 2.88 bits per heavy atom. The van der Waals surface area contributed by atoms with Crippen molar-refractivity contribution in [3.8, 4) is 16.9 Å². The van der Waals surface area contributed by atoms with Crippen LogP contribution in [-0.2, 0) is 10.3 Å². The Balaban J connectivity index is 1.97. The van der Waals surface area contributed by atoms with Gasteiger partial charge in [0.2, 0.25) is 5.91 Å². The maximum atomic E-state index is 13.8. The average Bonchev–Trinajstić information content (AvgIpc) is 2.96. The minimum atomic E-state index is -0.703. The second-order valence-electron chi connectivity index (χ2n) is 5.80. The molecule has 2 aromatic rings. The van der Waals surface area contributed by atoms with Crippen LogP contribution in [0.2, 0.25) is 0 Å². The van der Waals surface area contributed by atoms with Crippen LogP contribution < -0.4 is 15.8 Å². The molecule has 0 fully saturated rings. The van der Waals surface area contributed by atoms with Gasteiger partial charge in [-0.25, -0.2) is 9.38 Å². The molecular formula is C17H18FN3O2S. The standard InChI is InChI=1S/C17H18FN3O2S/c1-3-23-13-5-10(4-12(18)7-13)11-6-14(24-9-11)17(2)8-15(22)20-16(19)21-17/h4-7,9H,3,8H2,1-2H3,(H3,19,20,21,22)/t17-/m0/s1. The number of rotatable bonds is 4. The van der Waals surface area contributed by atoms with Crippen LogP contribution in [0.25, 0.3) is 11.1 Å². The lowest BCUT2D eigenvalue weighted by Crippen LogP contribution is -2.46. The number of carbonyl (C=O) groups is 1. The van der Waals surface area contributed by atoms with E-state index in [9.17, 15) is 9.18 Å². The van der Waals surface area contributed by atoms with Crippen LogP contribution in [0.1, 0.15) is 25.1 Å². The van der Waals surface area contributed by atoms with E-state index < -0.39 is 5.54 Å². The van der Waals surface area contributed by atoms with Gasteiger partial charge in [-0.1, -0.05) is 0 Å². The molecule has 1 aliphatic heterocycles. The third-order valence-electron chi connectivity index (χ3n) is 3.79. The van der Waals surface area contributed by atoms with Gasteiger partial charge in [-0.15, -0.1) is 11.3 Å². The van der Waals surface area contributed by atoms with E-state index in [1.54, 1.807) is 6.07 Å². The summed E-state index contributed by atoms with van der Waals surface area (Å²) < 4.78 is 19.2. The first-order valence-electron chi connectivity index (χ1n) is 7.57. The lowest BCUT2D eigenvalue weighted by Gasteiger charge is -2.28. The molecule has 5 nitrogen and oxygen atoms in total. The lowest BCUT2D eigenvalue weighted by atomic mass is 9.93. The minimum Gasteiger partial charge on any atom is -0.494 e. The molecule has 0 spiro atoms. The van der Waals surface area contributed by atoms with Gasteiger partial charge in [0.05, 0.1) is 13.0 Å². The van der Waals surface area contributed by atoms with Crippen molar-refractivity contribution in [3.63, 3.8) is 0 Å². The predicted octanol–water partition coefficient (Wildman–Crippen LogP) is 3.00. The van der Waals surface area contributed by atoms with Crippen LogP contribution in [-0.4, -0.2) is 18.5 Å². The van der Waals surface area contributed by atoms with Gasteiger partial charge in [0.25, 0.3) is 0 Å². The van der Waals surface area contributed by atoms with E-state index in [1.165, 1.54) is 23.5 Å². The Kier molecular flexibility index (Phi) is 4.28. The topological polar surface area (TPSA) is 76.7 Å². The zero-order valence-electron chi connectivity index (χ0n) is 13.4. The van der Waals surface area contributed by atoms with Crippen molar-refractivity contribution < 1.29 is 13.9 Å². The number of carbonyl (C=O) groups excluding carboxylic acids is 1. The van der Waals surface area contributed by atoms with Crippen molar-refractivity contribution >= 4 is 23.2 Å². The van der Waals surface area contributed by atoms with Crippen molar-refractivity contribution in [1.82, 2.24) is 5.32 Å². The monoisotopic (exact) mass is 347 g/mol. The number of guanidine groups is 1. The quantitative estimate of drug-likeness (QED) is 0.892. The van der Waals surface area contributed by atoms with E-state index in [4.69, 9.17) is 10.5 Å². The molecule has 1 aromatic heterocycles. The van der Waals surface area contributed by atoms with Gasteiger partial charge in [-0.2, -0.15) is 0 Å². The number of hydrogen-bond acceptors (Lipinski definition) is 5. The number of hydrogen-bond donors (Lipinski definition) is 2. The molecule has 0 bridgehead atoms. The first-order chi connectivity index (χ1) is 11.4. The highest BCUT2D eigenvalue weighted by Gasteiger charge is 2.34. The summed E-state index contributed by atoms with van der Waals surface area (Å²) in [5, 5.41) is 4.42. The van der Waals surface area contributed by atoms with E-state index in [0.717, 1.165) is 16.0 Å². The van der Waals surface area contributed by atoms with E-state index in [2.05, 4.69) is 10.3 Å². The highest BCUT2D eigenvalue weighted by molar-refractivity contribution is 7.10. The first-order valence-corrected chi connectivity index (χ1v) is 8.45. The van der Waals surface area contributed by atoms with Gasteiger partial charge in [-0.3, -0.25) is 10.1 Å². The number of halogens is 1. The molecule has 0 saturated heterocycles. The van der Waals surface area contributed by atoms with Crippen LogP contribution in [0.3, 0.4) is 0 Å². The van der Waals surface area contributed by atoms with Crippen LogP contribution in [0, 0.1) is 5.82 Å². The van der Waals surface area contributed by atoms with Crippen molar-refractivity contribution in [2.45, 2.75) is 25.8 Å². The highest BCUT2D eigenvalue weighted by atomic mass is 32.1. The summed E-state index contributed by atoms with van der Waals surface area (Å²) in [6.07, 6.45) is 0.223.